The summed E-state index contributed by atoms with van der Waals surface area (Å²) in [6, 6.07) is 9.55. The molecule has 136 valence electrons. The number of benzene rings is 2. The van der Waals surface area contributed by atoms with Gasteiger partial charge >= 0.3 is 6.03 Å². The van der Waals surface area contributed by atoms with Gasteiger partial charge in [0.05, 0.1) is 5.69 Å². The minimum absolute atomic E-state index is 0.129. The molecule has 0 bridgehead atoms. The van der Waals surface area contributed by atoms with E-state index in [1.165, 1.54) is 6.08 Å². The van der Waals surface area contributed by atoms with Crippen molar-refractivity contribution in [1.82, 2.24) is 5.32 Å². The SMILES string of the molecule is Cc1ccc(N2C(=O)NC(=O)/C(=C/c3ccc4c(c3)OCO4)C2=O)cc1C. The Bertz CT molecular complexity index is 1030. The summed E-state index contributed by atoms with van der Waals surface area (Å²) >= 11 is 0. The number of fused-ring (bicyclic) bond motifs is 1. The van der Waals surface area contributed by atoms with Gasteiger partial charge in [0, 0.05) is 0 Å². The van der Waals surface area contributed by atoms with Crippen molar-refractivity contribution in [3.05, 3.63) is 58.7 Å². The Hall–Kier alpha value is -3.61. The Morgan fingerprint density at radius 1 is 0.963 bits per heavy atom. The maximum absolute atomic E-state index is 12.9. The maximum atomic E-state index is 12.9. The molecule has 2 aromatic rings. The number of nitrogens with zero attached hydrogens (tertiary/aromatic N) is 1. The molecule has 1 fully saturated rings. The zero-order chi connectivity index (χ0) is 19.1. The smallest absolute Gasteiger partial charge is 0.335 e. The molecule has 0 atom stereocenters. The third-order valence-electron chi connectivity index (χ3n) is 4.56. The van der Waals surface area contributed by atoms with E-state index in [1.54, 1.807) is 30.3 Å². The standard InChI is InChI=1S/C20H16N2O5/c1-11-3-5-14(7-12(11)2)22-19(24)15(18(23)21-20(22)25)8-13-4-6-16-17(9-13)27-10-26-16/h3-9H,10H2,1-2H3,(H,21,23,25)/b15-8-. The van der Waals surface area contributed by atoms with Crippen LogP contribution in [0.2, 0.25) is 0 Å². The fourth-order valence-electron chi connectivity index (χ4n) is 2.93. The average molecular weight is 364 g/mol. The molecule has 4 amide bonds. The molecule has 7 nitrogen and oxygen atoms in total. The van der Waals surface area contributed by atoms with Gasteiger partial charge in [-0.3, -0.25) is 14.9 Å². The highest BCUT2D eigenvalue weighted by atomic mass is 16.7. The van der Waals surface area contributed by atoms with Crippen molar-refractivity contribution in [3.8, 4) is 11.5 Å². The van der Waals surface area contributed by atoms with Gasteiger partial charge in [0.1, 0.15) is 5.57 Å². The number of hydrogen-bond donors (Lipinski definition) is 1. The number of ether oxygens (including phenoxy) is 2. The first kappa shape index (κ1) is 16.8. The van der Waals surface area contributed by atoms with E-state index in [2.05, 4.69) is 5.32 Å². The monoisotopic (exact) mass is 364 g/mol. The molecule has 4 rings (SSSR count). The summed E-state index contributed by atoms with van der Waals surface area (Å²) in [5, 5.41) is 2.22. The van der Waals surface area contributed by atoms with E-state index in [1.807, 2.05) is 19.9 Å². The lowest BCUT2D eigenvalue weighted by molar-refractivity contribution is -0.122. The predicted molar refractivity (Wildman–Crippen MR) is 97.5 cm³/mol. The van der Waals surface area contributed by atoms with Gasteiger partial charge in [-0.1, -0.05) is 12.1 Å². The number of nitrogens with one attached hydrogen (secondary N) is 1. The highest BCUT2D eigenvalue weighted by molar-refractivity contribution is 6.39. The first-order valence-corrected chi connectivity index (χ1v) is 8.32. The molecule has 0 radical (unpaired) electrons. The number of hydrogen-bond acceptors (Lipinski definition) is 5. The highest BCUT2D eigenvalue weighted by Crippen LogP contribution is 2.33. The zero-order valence-electron chi connectivity index (χ0n) is 14.7. The summed E-state index contributed by atoms with van der Waals surface area (Å²) in [5.41, 5.74) is 2.84. The van der Waals surface area contributed by atoms with E-state index in [0.717, 1.165) is 16.0 Å². The van der Waals surface area contributed by atoms with Crippen LogP contribution >= 0.6 is 0 Å². The quantitative estimate of drug-likeness (QED) is 0.654. The average Bonchev–Trinajstić information content (AvgIpc) is 3.09. The molecule has 2 aliphatic heterocycles. The Kier molecular flexibility index (Phi) is 3.92. The molecule has 2 heterocycles. The molecular weight excluding hydrogens is 348 g/mol. The second-order valence-corrected chi connectivity index (χ2v) is 6.34. The molecule has 2 aromatic carbocycles. The number of carbonyl (C=O) groups is 3. The number of aryl methyl sites for hydroxylation is 2. The second kappa shape index (κ2) is 6.28. The van der Waals surface area contributed by atoms with Gasteiger partial charge in [-0.25, -0.2) is 9.69 Å². The molecule has 7 heteroatoms. The van der Waals surface area contributed by atoms with Crippen LogP contribution in [0.4, 0.5) is 10.5 Å². The summed E-state index contributed by atoms with van der Waals surface area (Å²) in [6.07, 6.45) is 1.43. The fourth-order valence-corrected chi connectivity index (χ4v) is 2.93. The van der Waals surface area contributed by atoms with Gasteiger partial charge < -0.3 is 9.47 Å². The summed E-state index contributed by atoms with van der Waals surface area (Å²) in [4.78, 5) is 38.4. The summed E-state index contributed by atoms with van der Waals surface area (Å²) in [6.45, 7) is 3.95. The van der Waals surface area contributed by atoms with Gasteiger partial charge in [0.2, 0.25) is 6.79 Å². The number of urea groups is 1. The van der Waals surface area contributed by atoms with Crippen molar-refractivity contribution >= 4 is 29.6 Å². The Balaban J connectivity index is 1.72. The van der Waals surface area contributed by atoms with Gasteiger partial charge in [-0.05, 0) is 60.9 Å². The zero-order valence-corrected chi connectivity index (χ0v) is 14.7. The van der Waals surface area contributed by atoms with Crippen LogP contribution in [0.15, 0.2) is 42.0 Å². The molecule has 0 aliphatic carbocycles. The normalized spacial score (nSPS) is 17.5. The van der Waals surface area contributed by atoms with E-state index in [4.69, 9.17) is 9.47 Å². The Morgan fingerprint density at radius 3 is 2.52 bits per heavy atom. The van der Waals surface area contributed by atoms with Crippen LogP contribution in [0.25, 0.3) is 6.08 Å². The Morgan fingerprint density at radius 2 is 1.74 bits per heavy atom. The van der Waals surface area contributed by atoms with Crippen molar-refractivity contribution in [3.63, 3.8) is 0 Å². The first-order chi connectivity index (χ1) is 12.9. The lowest BCUT2D eigenvalue weighted by atomic mass is 10.0. The van der Waals surface area contributed by atoms with E-state index in [-0.39, 0.29) is 12.4 Å². The third-order valence-corrected chi connectivity index (χ3v) is 4.56. The van der Waals surface area contributed by atoms with Gasteiger partial charge in [-0.2, -0.15) is 0 Å². The van der Waals surface area contributed by atoms with Crippen LogP contribution < -0.4 is 19.7 Å². The van der Waals surface area contributed by atoms with E-state index in [0.29, 0.717) is 22.7 Å². The van der Waals surface area contributed by atoms with Gasteiger partial charge in [0.25, 0.3) is 11.8 Å². The minimum atomic E-state index is -0.768. The van der Waals surface area contributed by atoms with E-state index in [9.17, 15) is 14.4 Å². The molecule has 0 spiro atoms. The van der Waals surface area contributed by atoms with Crippen molar-refractivity contribution in [2.24, 2.45) is 0 Å². The van der Waals surface area contributed by atoms with Crippen molar-refractivity contribution < 1.29 is 23.9 Å². The van der Waals surface area contributed by atoms with Crippen LogP contribution in [-0.4, -0.2) is 24.6 Å². The van der Waals surface area contributed by atoms with Crippen LogP contribution in [0.1, 0.15) is 16.7 Å². The van der Waals surface area contributed by atoms with Crippen molar-refractivity contribution in [2.75, 3.05) is 11.7 Å². The van der Waals surface area contributed by atoms with Gasteiger partial charge in [-0.15, -0.1) is 0 Å². The van der Waals surface area contributed by atoms with Crippen molar-refractivity contribution in [1.29, 1.82) is 0 Å². The molecule has 1 saturated heterocycles. The van der Waals surface area contributed by atoms with Crippen LogP contribution in [0.3, 0.4) is 0 Å². The lowest BCUT2D eigenvalue weighted by Crippen LogP contribution is -2.54. The second-order valence-electron chi connectivity index (χ2n) is 6.34. The molecule has 1 N–H and O–H groups in total. The number of rotatable bonds is 2. The third kappa shape index (κ3) is 2.93. The topological polar surface area (TPSA) is 84.9 Å². The van der Waals surface area contributed by atoms with Crippen LogP contribution in [-0.2, 0) is 9.59 Å². The number of anilines is 1. The predicted octanol–water partition coefficient (Wildman–Crippen LogP) is 2.70. The van der Waals surface area contributed by atoms with Crippen molar-refractivity contribution in [2.45, 2.75) is 13.8 Å². The maximum Gasteiger partial charge on any atom is 0.335 e. The molecule has 0 unspecified atom stereocenters. The minimum Gasteiger partial charge on any atom is -0.454 e. The van der Waals surface area contributed by atoms with Gasteiger partial charge in [0.15, 0.2) is 11.5 Å². The summed E-state index contributed by atoms with van der Waals surface area (Å²) < 4.78 is 10.6. The first-order valence-electron chi connectivity index (χ1n) is 8.32. The molecular formula is C20H16N2O5. The summed E-state index contributed by atoms with van der Waals surface area (Å²) in [5.74, 6) is -0.272. The number of amides is 4. The van der Waals surface area contributed by atoms with Crippen LogP contribution in [0, 0.1) is 13.8 Å². The van der Waals surface area contributed by atoms with Crippen LogP contribution in [0.5, 0.6) is 11.5 Å². The van der Waals surface area contributed by atoms with E-state index >= 15 is 0 Å². The number of barbiturate groups is 1. The number of imide groups is 2. The lowest BCUT2D eigenvalue weighted by Gasteiger charge is -2.26. The highest BCUT2D eigenvalue weighted by Gasteiger charge is 2.37. The molecule has 0 saturated carbocycles. The number of carbonyl (C=O) groups excluding carboxylic acids is 3. The molecule has 2 aliphatic rings. The van der Waals surface area contributed by atoms with E-state index < -0.39 is 17.8 Å². The Labute approximate surface area is 155 Å². The molecule has 27 heavy (non-hydrogen) atoms. The fraction of sp³-hybridized carbons (Fsp3) is 0.150. The largest absolute Gasteiger partial charge is 0.454 e. The molecule has 0 aromatic heterocycles. The summed E-state index contributed by atoms with van der Waals surface area (Å²) in [7, 11) is 0.